The smallest absolute Gasteiger partial charge is 0.263 e. The summed E-state index contributed by atoms with van der Waals surface area (Å²) in [5, 5.41) is 2.19. The van der Waals surface area contributed by atoms with Crippen molar-refractivity contribution in [1.29, 1.82) is 0 Å². The molecule has 1 amide bonds. The summed E-state index contributed by atoms with van der Waals surface area (Å²) in [5.41, 5.74) is 2.02. The molecule has 124 valence electrons. The van der Waals surface area contributed by atoms with Gasteiger partial charge in [0.2, 0.25) is 0 Å². The average molecular weight is 323 g/mol. The molecule has 0 fully saturated rings. The van der Waals surface area contributed by atoms with Crippen LogP contribution in [0.1, 0.15) is 13.3 Å². The van der Waals surface area contributed by atoms with Crippen molar-refractivity contribution < 1.29 is 13.9 Å². The number of furan rings is 1. The van der Waals surface area contributed by atoms with Crippen LogP contribution in [0.3, 0.4) is 0 Å². The fourth-order valence-corrected chi connectivity index (χ4v) is 2.77. The molecule has 0 radical (unpaired) electrons. The number of carbonyl (C=O) groups is 1. The Bertz CT molecular complexity index is 837. The van der Waals surface area contributed by atoms with Crippen LogP contribution in [-0.4, -0.2) is 31.0 Å². The molecule has 4 nitrogen and oxygen atoms in total. The van der Waals surface area contributed by atoms with Crippen LogP contribution in [0.4, 0.5) is 0 Å². The molecule has 0 aliphatic carbocycles. The fraction of sp³-hybridized carbons (Fsp3) is 0.250. The second-order valence-electron chi connectivity index (χ2n) is 5.95. The van der Waals surface area contributed by atoms with E-state index in [0.29, 0.717) is 12.2 Å². The first kappa shape index (κ1) is 16.1. The van der Waals surface area contributed by atoms with E-state index >= 15 is 0 Å². The summed E-state index contributed by atoms with van der Waals surface area (Å²) in [6.07, 6.45) is 3.50. The molecule has 1 atom stereocenters. The quantitative estimate of drug-likeness (QED) is 0.701. The Morgan fingerprint density at radius 2 is 2.00 bits per heavy atom. The first-order valence-corrected chi connectivity index (χ1v) is 8.03. The predicted octanol–water partition coefficient (Wildman–Crippen LogP) is 4.35. The summed E-state index contributed by atoms with van der Waals surface area (Å²) in [4.78, 5) is 13.8. The van der Waals surface area contributed by atoms with Crippen LogP contribution < -0.4 is 4.74 Å². The van der Waals surface area contributed by atoms with E-state index in [1.54, 1.807) is 31.5 Å². The van der Waals surface area contributed by atoms with Crippen LogP contribution in [0.2, 0.25) is 0 Å². The second kappa shape index (κ2) is 6.79. The van der Waals surface area contributed by atoms with Crippen molar-refractivity contribution in [2.24, 2.45) is 0 Å². The maximum Gasteiger partial charge on any atom is 0.263 e. The topological polar surface area (TPSA) is 42.7 Å². The van der Waals surface area contributed by atoms with Crippen molar-refractivity contribution in [3.05, 3.63) is 55.0 Å². The maximum atomic E-state index is 12.2. The van der Waals surface area contributed by atoms with Gasteiger partial charge in [-0.15, -0.1) is 0 Å². The van der Waals surface area contributed by atoms with Gasteiger partial charge in [0.25, 0.3) is 5.91 Å². The lowest BCUT2D eigenvalue weighted by atomic mass is 10.00. The zero-order chi connectivity index (χ0) is 17.1. The Morgan fingerprint density at radius 1 is 1.21 bits per heavy atom. The van der Waals surface area contributed by atoms with E-state index < -0.39 is 6.10 Å². The Morgan fingerprint density at radius 3 is 2.67 bits per heavy atom. The number of benzene rings is 2. The van der Waals surface area contributed by atoms with E-state index in [-0.39, 0.29) is 5.91 Å². The zero-order valence-corrected chi connectivity index (χ0v) is 14.2. The molecule has 3 aromatic rings. The molecular formula is C20H21NO3. The van der Waals surface area contributed by atoms with Crippen LogP contribution in [-0.2, 0) is 4.79 Å². The molecule has 0 saturated carbocycles. The molecule has 0 saturated heterocycles. The van der Waals surface area contributed by atoms with Gasteiger partial charge in [0, 0.05) is 19.7 Å². The van der Waals surface area contributed by atoms with Crippen molar-refractivity contribution >= 4 is 16.7 Å². The van der Waals surface area contributed by atoms with E-state index in [2.05, 4.69) is 6.07 Å². The number of rotatable bonds is 5. The van der Waals surface area contributed by atoms with Crippen LogP contribution in [0.25, 0.3) is 21.9 Å². The molecule has 1 aromatic heterocycles. The van der Waals surface area contributed by atoms with Crippen molar-refractivity contribution in [1.82, 2.24) is 4.90 Å². The number of amides is 1. The minimum Gasteiger partial charge on any atom is -0.481 e. The number of hydrogen-bond donors (Lipinski definition) is 0. The lowest BCUT2D eigenvalue weighted by Crippen LogP contribution is -2.37. The standard InChI is InChI=1S/C20H21NO3/c1-4-19(20(22)21(2)3)24-16-11-14-7-5-6-8-17(14)18(12-16)15-9-10-23-13-15/h5-13,19H,4H2,1-3H3. The summed E-state index contributed by atoms with van der Waals surface area (Å²) in [7, 11) is 3.48. The van der Waals surface area contributed by atoms with E-state index in [1.807, 2.05) is 43.3 Å². The Balaban J connectivity index is 2.04. The molecule has 4 heteroatoms. The lowest BCUT2D eigenvalue weighted by Gasteiger charge is -2.21. The SMILES string of the molecule is CCC(Oc1cc(-c2ccoc2)c2ccccc2c1)C(=O)N(C)C. The number of likely N-dealkylation sites (N-methyl/N-ethyl adjacent to an activating group) is 1. The molecule has 2 aromatic carbocycles. The number of hydrogen-bond acceptors (Lipinski definition) is 3. The van der Waals surface area contributed by atoms with Crippen molar-refractivity contribution in [3.8, 4) is 16.9 Å². The van der Waals surface area contributed by atoms with E-state index in [0.717, 1.165) is 21.9 Å². The molecule has 0 bridgehead atoms. The second-order valence-corrected chi connectivity index (χ2v) is 5.95. The lowest BCUT2D eigenvalue weighted by molar-refractivity contribution is -0.136. The third kappa shape index (κ3) is 3.13. The number of nitrogens with zero attached hydrogens (tertiary/aromatic N) is 1. The molecule has 0 aliphatic rings. The van der Waals surface area contributed by atoms with Gasteiger partial charge in [-0.25, -0.2) is 0 Å². The summed E-state index contributed by atoms with van der Waals surface area (Å²) < 4.78 is 11.2. The highest BCUT2D eigenvalue weighted by Crippen LogP contribution is 2.33. The molecular weight excluding hydrogens is 302 g/mol. The minimum absolute atomic E-state index is 0.0319. The third-order valence-electron chi connectivity index (χ3n) is 4.03. The van der Waals surface area contributed by atoms with E-state index in [1.165, 1.54) is 0 Å². The van der Waals surface area contributed by atoms with Gasteiger partial charge in [-0.2, -0.15) is 0 Å². The van der Waals surface area contributed by atoms with Gasteiger partial charge in [-0.1, -0.05) is 31.2 Å². The number of ether oxygens (including phenoxy) is 1. The number of fused-ring (bicyclic) bond motifs is 1. The highest BCUT2D eigenvalue weighted by atomic mass is 16.5. The minimum atomic E-state index is -0.488. The molecule has 0 N–H and O–H groups in total. The van der Waals surface area contributed by atoms with E-state index in [9.17, 15) is 4.79 Å². The van der Waals surface area contributed by atoms with Crippen LogP contribution >= 0.6 is 0 Å². The van der Waals surface area contributed by atoms with Crippen molar-refractivity contribution in [2.45, 2.75) is 19.4 Å². The van der Waals surface area contributed by atoms with Gasteiger partial charge in [-0.3, -0.25) is 4.79 Å². The Hall–Kier alpha value is -2.75. The largest absolute Gasteiger partial charge is 0.481 e. The maximum absolute atomic E-state index is 12.2. The van der Waals surface area contributed by atoms with Gasteiger partial charge in [0.1, 0.15) is 5.75 Å². The van der Waals surface area contributed by atoms with Gasteiger partial charge < -0.3 is 14.1 Å². The fourth-order valence-electron chi connectivity index (χ4n) is 2.77. The first-order valence-electron chi connectivity index (χ1n) is 8.03. The molecule has 3 rings (SSSR count). The highest BCUT2D eigenvalue weighted by Gasteiger charge is 2.20. The predicted molar refractivity (Wildman–Crippen MR) is 95.1 cm³/mol. The van der Waals surface area contributed by atoms with Gasteiger partial charge >= 0.3 is 0 Å². The summed E-state index contributed by atoms with van der Waals surface area (Å²) in [5.74, 6) is 0.655. The van der Waals surface area contributed by atoms with E-state index in [4.69, 9.17) is 9.15 Å². The first-order chi connectivity index (χ1) is 11.6. The third-order valence-corrected chi connectivity index (χ3v) is 4.03. The monoisotopic (exact) mass is 323 g/mol. The van der Waals surface area contributed by atoms with Gasteiger partial charge in [0.05, 0.1) is 12.5 Å². The molecule has 0 spiro atoms. The van der Waals surface area contributed by atoms with Crippen molar-refractivity contribution in [2.75, 3.05) is 14.1 Å². The molecule has 24 heavy (non-hydrogen) atoms. The van der Waals surface area contributed by atoms with Crippen LogP contribution in [0.15, 0.2) is 59.4 Å². The van der Waals surface area contributed by atoms with Crippen LogP contribution in [0.5, 0.6) is 5.75 Å². The van der Waals surface area contributed by atoms with Crippen LogP contribution in [0, 0.1) is 0 Å². The van der Waals surface area contributed by atoms with Gasteiger partial charge in [-0.05, 0) is 41.0 Å². The molecule has 1 unspecified atom stereocenters. The van der Waals surface area contributed by atoms with Crippen molar-refractivity contribution in [3.63, 3.8) is 0 Å². The Labute approximate surface area is 141 Å². The Kier molecular flexibility index (Phi) is 4.56. The highest BCUT2D eigenvalue weighted by molar-refractivity contribution is 5.97. The zero-order valence-electron chi connectivity index (χ0n) is 14.2. The molecule has 1 heterocycles. The summed E-state index contributed by atoms with van der Waals surface area (Å²) in [6.45, 7) is 1.95. The molecule has 0 aliphatic heterocycles. The summed E-state index contributed by atoms with van der Waals surface area (Å²) in [6, 6.07) is 14.0. The average Bonchev–Trinajstić information content (AvgIpc) is 3.12. The van der Waals surface area contributed by atoms with Gasteiger partial charge in [0.15, 0.2) is 6.10 Å². The normalized spacial score (nSPS) is 12.1. The summed E-state index contributed by atoms with van der Waals surface area (Å²) >= 11 is 0. The number of carbonyl (C=O) groups excluding carboxylic acids is 1.